The van der Waals surface area contributed by atoms with Crippen LogP contribution in [0.4, 0.5) is 14.9 Å². The second-order valence-corrected chi connectivity index (χ2v) is 6.85. The van der Waals surface area contributed by atoms with Crippen LogP contribution in [0.3, 0.4) is 0 Å². The van der Waals surface area contributed by atoms with Gasteiger partial charge in [0.15, 0.2) is 0 Å². The van der Waals surface area contributed by atoms with E-state index in [0.29, 0.717) is 17.5 Å². The predicted octanol–water partition coefficient (Wildman–Crippen LogP) is 4.98. The van der Waals surface area contributed by atoms with Gasteiger partial charge in [0.05, 0.1) is 11.7 Å². The molecule has 0 fully saturated rings. The number of nitrogens with zero attached hydrogens (tertiary/aromatic N) is 1. The Bertz CT molecular complexity index is 1060. The summed E-state index contributed by atoms with van der Waals surface area (Å²) in [6, 6.07) is 11.5. The molecule has 1 aromatic heterocycles. The number of carbonyl (C=O) groups excluding carboxylic acids is 1. The van der Waals surface area contributed by atoms with Gasteiger partial charge in [0.25, 0.3) is 5.56 Å². The molecular formula is C22H24FN3O2. The molecule has 0 aliphatic carbocycles. The smallest absolute Gasteiger partial charge is 0.322 e. The van der Waals surface area contributed by atoms with Crippen molar-refractivity contribution in [3.63, 3.8) is 0 Å². The second kappa shape index (κ2) is 8.25. The Hall–Kier alpha value is -3.15. The zero-order valence-electron chi connectivity index (χ0n) is 16.3. The maximum atomic E-state index is 14.3. The molecule has 0 spiro atoms. The van der Waals surface area contributed by atoms with Crippen LogP contribution in [-0.4, -0.2) is 22.5 Å². The number of hydrogen-bond acceptors (Lipinski definition) is 2. The van der Waals surface area contributed by atoms with Gasteiger partial charge in [-0.15, -0.1) is 0 Å². The zero-order chi connectivity index (χ0) is 20.3. The highest BCUT2D eigenvalue weighted by atomic mass is 19.1. The topological polar surface area (TPSA) is 65.2 Å². The normalized spacial score (nSPS) is 12.0. The van der Waals surface area contributed by atoms with E-state index in [9.17, 15) is 14.0 Å². The predicted molar refractivity (Wildman–Crippen MR) is 110 cm³/mol. The van der Waals surface area contributed by atoms with Crippen LogP contribution in [0.25, 0.3) is 10.8 Å². The first-order valence-corrected chi connectivity index (χ1v) is 9.37. The number of hydrogen-bond donors (Lipinski definition) is 2. The molecule has 1 atom stereocenters. The third-order valence-electron chi connectivity index (χ3n) is 4.92. The molecule has 0 aliphatic rings. The lowest BCUT2D eigenvalue weighted by atomic mass is 10.0. The summed E-state index contributed by atoms with van der Waals surface area (Å²) in [6.45, 7) is 6.03. The molecule has 2 N–H and O–H groups in total. The molecule has 1 heterocycles. The maximum absolute atomic E-state index is 14.3. The van der Waals surface area contributed by atoms with Crippen molar-refractivity contribution in [1.29, 1.82) is 0 Å². The highest BCUT2D eigenvalue weighted by Crippen LogP contribution is 2.27. The lowest BCUT2D eigenvalue weighted by molar-refractivity contribution is 0.193. The Morgan fingerprint density at radius 3 is 2.61 bits per heavy atom. The fourth-order valence-corrected chi connectivity index (χ4v) is 3.39. The molecule has 3 aromatic rings. The molecule has 0 aliphatic heterocycles. The van der Waals surface area contributed by atoms with Crippen LogP contribution in [0, 0.1) is 12.7 Å². The van der Waals surface area contributed by atoms with Crippen LogP contribution < -0.4 is 10.9 Å². The molecule has 5 nitrogen and oxygen atoms in total. The first kappa shape index (κ1) is 19.6. The number of urea groups is 1. The highest BCUT2D eigenvalue weighted by Gasteiger charge is 2.24. The molecule has 6 heteroatoms. The van der Waals surface area contributed by atoms with Gasteiger partial charge < -0.3 is 15.2 Å². The number of nitrogens with one attached hydrogen (secondary N) is 2. The van der Waals surface area contributed by atoms with Gasteiger partial charge >= 0.3 is 6.03 Å². The van der Waals surface area contributed by atoms with E-state index in [2.05, 4.69) is 10.3 Å². The van der Waals surface area contributed by atoms with Crippen molar-refractivity contribution in [2.75, 3.05) is 11.9 Å². The van der Waals surface area contributed by atoms with Crippen LogP contribution in [0.1, 0.15) is 37.4 Å². The Morgan fingerprint density at radius 1 is 1.18 bits per heavy atom. The van der Waals surface area contributed by atoms with Crippen molar-refractivity contribution in [3.05, 3.63) is 76.0 Å². The van der Waals surface area contributed by atoms with E-state index < -0.39 is 5.82 Å². The average molecular weight is 381 g/mol. The summed E-state index contributed by atoms with van der Waals surface area (Å²) in [5.74, 6) is -0.436. The van der Waals surface area contributed by atoms with Gasteiger partial charge in [0.2, 0.25) is 0 Å². The summed E-state index contributed by atoms with van der Waals surface area (Å²) in [5, 5.41) is 4.06. The summed E-state index contributed by atoms with van der Waals surface area (Å²) in [5.41, 5.74) is 1.30. The Morgan fingerprint density at radius 2 is 1.89 bits per heavy atom. The fourth-order valence-electron chi connectivity index (χ4n) is 3.39. The zero-order valence-corrected chi connectivity index (χ0v) is 16.3. The number of anilines is 1. The van der Waals surface area contributed by atoms with Crippen LogP contribution in [0.5, 0.6) is 0 Å². The molecule has 146 valence electrons. The van der Waals surface area contributed by atoms with Crippen molar-refractivity contribution in [2.45, 2.75) is 33.2 Å². The van der Waals surface area contributed by atoms with Gasteiger partial charge in [-0.1, -0.05) is 37.3 Å². The number of aromatic amines is 1. The lowest BCUT2D eigenvalue weighted by Crippen LogP contribution is -2.38. The number of carbonyl (C=O) groups is 1. The third-order valence-corrected chi connectivity index (χ3v) is 4.92. The molecule has 3 rings (SSSR count). The number of rotatable bonds is 5. The van der Waals surface area contributed by atoms with E-state index in [1.165, 1.54) is 0 Å². The third kappa shape index (κ3) is 3.76. The summed E-state index contributed by atoms with van der Waals surface area (Å²) >= 11 is 0. The van der Waals surface area contributed by atoms with Crippen LogP contribution in [0.15, 0.2) is 53.5 Å². The Kier molecular flexibility index (Phi) is 5.78. The first-order chi connectivity index (χ1) is 13.4. The van der Waals surface area contributed by atoms with Crippen LogP contribution in [-0.2, 0) is 0 Å². The summed E-state index contributed by atoms with van der Waals surface area (Å²) in [6.07, 6.45) is 2.40. The van der Waals surface area contributed by atoms with Crippen molar-refractivity contribution in [3.8, 4) is 0 Å². The molecule has 28 heavy (non-hydrogen) atoms. The molecule has 0 radical (unpaired) electrons. The molecular weight excluding hydrogens is 357 g/mol. The van der Waals surface area contributed by atoms with Gasteiger partial charge in [-0.05, 0) is 48.9 Å². The van der Waals surface area contributed by atoms with E-state index >= 15 is 0 Å². The minimum Gasteiger partial charge on any atom is -0.328 e. The van der Waals surface area contributed by atoms with E-state index in [4.69, 9.17) is 0 Å². The van der Waals surface area contributed by atoms with Gasteiger partial charge in [-0.2, -0.15) is 0 Å². The highest BCUT2D eigenvalue weighted by molar-refractivity contribution is 5.91. The van der Waals surface area contributed by atoms with Crippen LogP contribution >= 0.6 is 0 Å². The van der Waals surface area contributed by atoms with Crippen molar-refractivity contribution >= 4 is 22.5 Å². The molecule has 0 saturated carbocycles. The Labute approximate surface area is 163 Å². The number of aromatic nitrogens is 1. The fraction of sp³-hybridized carbons (Fsp3) is 0.273. The number of aryl methyl sites for hydroxylation is 1. The number of benzene rings is 2. The molecule has 0 saturated heterocycles. The van der Waals surface area contributed by atoms with E-state index in [1.54, 1.807) is 42.3 Å². The van der Waals surface area contributed by atoms with Crippen LogP contribution in [0.2, 0.25) is 0 Å². The molecule has 2 aromatic carbocycles. The van der Waals surface area contributed by atoms with Crippen molar-refractivity contribution < 1.29 is 9.18 Å². The van der Waals surface area contributed by atoms with E-state index in [-0.39, 0.29) is 23.3 Å². The standard InChI is InChI=1S/C22H24FN3O2/c1-4-12-26(22(28)25-19-11-7-8-14(2)20(19)23)15(3)18-13-24-21(27)17-10-6-5-9-16(17)18/h5-11,13,15H,4,12H2,1-3H3,(H,24,27)(H,25,28)/t15-/m0/s1. The Balaban J connectivity index is 1.96. The van der Waals surface area contributed by atoms with Crippen molar-refractivity contribution in [1.82, 2.24) is 9.88 Å². The number of halogens is 1. The summed E-state index contributed by atoms with van der Waals surface area (Å²) in [4.78, 5) is 29.5. The van der Waals surface area contributed by atoms with Crippen molar-refractivity contribution in [2.24, 2.45) is 0 Å². The maximum Gasteiger partial charge on any atom is 0.322 e. The summed E-state index contributed by atoms with van der Waals surface area (Å²) < 4.78 is 14.3. The summed E-state index contributed by atoms with van der Waals surface area (Å²) in [7, 11) is 0. The van der Waals surface area contributed by atoms with E-state index in [1.807, 2.05) is 32.0 Å². The lowest BCUT2D eigenvalue weighted by Gasteiger charge is -2.30. The number of H-pyrrole nitrogens is 1. The number of fused-ring (bicyclic) bond motifs is 1. The quantitative estimate of drug-likeness (QED) is 0.654. The number of pyridine rings is 1. The minimum absolute atomic E-state index is 0.157. The minimum atomic E-state index is -0.436. The van der Waals surface area contributed by atoms with Gasteiger partial charge in [0, 0.05) is 18.1 Å². The first-order valence-electron chi connectivity index (χ1n) is 9.37. The average Bonchev–Trinajstić information content (AvgIpc) is 2.69. The van der Waals surface area contributed by atoms with Gasteiger partial charge in [-0.3, -0.25) is 4.79 Å². The molecule has 0 bridgehead atoms. The molecule has 0 unspecified atom stereocenters. The van der Waals surface area contributed by atoms with Gasteiger partial charge in [-0.25, -0.2) is 9.18 Å². The molecule has 2 amide bonds. The SMILES string of the molecule is CCCN(C(=O)Nc1cccc(C)c1F)[C@@H](C)c1c[nH]c(=O)c2ccccc12. The van der Waals surface area contributed by atoms with E-state index in [0.717, 1.165) is 17.4 Å². The largest absolute Gasteiger partial charge is 0.328 e. The second-order valence-electron chi connectivity index (χ2n) is 6.85. The number of amides is 2. The monoisotopic (exact) mass is 381 g/mol. The van der Waals surface area contributed by atoms with Gasteiger partial charge in [0.1, 0.15) is 5.82 Å².